The zero-order valence-corrected chi connectivity index (χ0v) is 13.5. The van der Waals surface area contributed by atoms with Crippen molar-refractivity contribution in [3.05, 3.63) is 102 Å². The first-order chi connectivity index (χ1) is 12.2. The van der Waals surface area contributed by atoms with Crippen molar-refractivity contribution in [2.75, 3.05) is 4.90 Å². The third kappa shape index (κ3) is 4.38. The molecule has 0 saturated carbocycles. The van der Waals surface area contributed by atoms with Crippen LogP contribution in [0.1, 0.15) is 11.1 Å². The number of amides is 1. The summed E-state index contributed by atoms with van der Waals surface area (Å²) in [5, 5.41) is 0. The summed E-state index contributed by atoms with van der Waals surface area (Å²) >= 11 is 0. The fraction of sp³-hybridized carbons (Fsp3) is 0.0476. The van der Waals surface area contributed by atoms with Crippen molar-refractivity contribution < 1.29 is 9.18 Å². The second kappa shape index (κ2) is 8.02. The zero-order chi connectivity index (χ0) is 17.5. The fourth-order valence-corrected chi connectivity index (χ4v) is 2.41. The molecule has 1 heterocycles. The third-order valence-corrected chi connectivity index (χ3v) is 3.69. The van der Waals surface area contributed by atoms with Crippen LogP contribution in [0, 0.1) is 5.82 Å². The Hall–Kier alpha value is -3.27. The minimum absolute atomic E-state index is 0.259. The lowest BCUT2D eigenvalue weighted by Gasteiger charge is -2.20. The van der Waals surface area contributed by atoms with Gasteiger partial charge in [0.2, 0.25) is 0 Å². The van der Waals surface area contributed by atoms with Crippen molar-refractivity contribution in [1.82, 2.24) is 4.98 Å². The summed E-state index contributed by atoms with van der Waals surface area (Å²) in [6.07, 6.45) is 4.50. The van der Waals surface area contributed by atoms with Gasteiger partial charge in [-0.25, -0.2) is 9.37 Å². The number of aromatic nitrogens is 1. The molecule has 3 aromatic rings. The number of hydrogen-bond acceptors (Lipinski definition) is 2. The maximum absolute atomic E-state index is 13.7. The van der Waals surface area contributed by atoms with Crippen molar-refractivity contribution in [2.45, 2.75) is 6.54 Å². The molecule has 0 aliphatic heterocycles. The number of halogens is 1. The van der Waals surface area contributed by atoms with Gasteiger partial charge in [-0.05, 0) is 29.8 Å². The van der Waals surface area contributed by atoms with Crippen LogP contribution in [0.25, 0.3) is 6.08 Å². The number of benzene rings is 2. The highest BCUT2D eigenvalue weighted by molar-refractivity contribution is 6.03. The van der Waals surface area contributed by atoms with Gasteiger partial charge in [0.25, 0.3) is 5.91 Å². The number of carbonyl (C=O) groups is 1. The number of rotatable bonds is 5. The summed E-state index contributed by atoms with van der Waals surface area (Å²) in [6, 6.07) is 21.4. The zero-order valence-electron chi connectivity index (χ0n) is 13.5. The Morgan fingerprint density at radius 3 is 2.40 bits per heavy atom. The van der Waals surface area contributed by atoms with Gasteiger partial charge in [0, 0.05) is 17.8 Å². The Balaban J connectivity index is 1.86. The van der Waals surface area contributed by atoms with Crippen molar-refractivity contribution in [3.63, 3.8) is 0 Å². The van der Waals surface area contributed by atoms with E-state index >= 15 is 0 Å². The molecule has 0 atom stereocenters. The molecule has 0 fully saturated rings. The predicted molar refractivity (Wildman–Crippen MR) is 97.3 cm³/mol. The summed E-state index contributed by atoms with van der Waals surface area (Å²) in [6.45, 7) is 0.387. The van der Waals surface area contributed by atoms with Crippen LogP contribution in [0.4, 0.5) is 10.2 Å². The van der Waals surface area contributed by atoms with Crippen LogP contribution in [0.5, 0.6) is 0 Å². The average molecular weight is 332 g/mol. The van der Waals surface area contributed by atoms with Gasteiger partial charge in [-0.15, -0.1) is 0 Å². The van der Waals surface area contributed by atoms with Gasteiger partial charge in [-0.1, -0.05) is 54.6 Å². The number of carbonyl (C=O) groups excluding carboxylic acids is 1. The Morgan fingerprint density at radius 2 is 1.68 bits per heavy atom. The summed E-state index contributed by atoms with van der Waals surface area (Å²) in [4.78, 5) is 18.5. The summed E-state index contributed by atoms with van der Waals surface area (Å²) < 4.78 is 13.7. The van der Waals surface area contributed by atoms with Gasteiger partial charge in [0.05, 0.1) is 6.54 Å². The molecule has 0 N–H and O–H groups in total. The van der Waals surface area contributed by atoms with E-state index in [0.29, 0.717) is 17.9 Å². The van der Waals surface area contributed by atoms with Crippen LogP contribution in [0.2, 0.25) is 0 Å². The Morgan fingerprint density at radius 1 is 0.960 bits per heavy atom. The molecule has 1 amide bonds. The molecule has 3 rings (SSSR count). The Labute approximate surface area is 146 Å². The Kier molecular flexibility index (Phi) is 5.32. The summed E-state index contributed by atoms with van der Waals surface area (Å²) in [5.41, 5.74) is 1.36. The van der Waals surface area contributed by atoms with Crippen LogP contribution in [0.15, 0.2) is 85.1 Å². The predicted octanol–water partition coefficient (Wildman–Crippen LogP) is 4.47. The molecule has 2 aromatic carbocycles. The number of hydrogen-bond donors (Lipinski definition) is 0. The third-order valence-electron chi connectivity index (χ3n) is 3.69. The van der Waals surface area contributed by atoms with E-state index in [9.17, 15) is 9.18 Å². The largest absolute Gasteiger partial charge is 0.289 e. The first-order valence-electron chi connectivity index (χ1n) is 7.93. The molecule has 0 radical (unpaired) electrons. The van der Waals surface area contributed by atoms with Crippen molar-refractivity contribution in [3.8, 4) is 0 Å². The number of pyridine rings is 1. The van der Waals surface area contributed by atoms with E-state index in [1.54, 1.807) is 41.4 Å². The average Bonchev–Trinajstić information content (AvgIpc) is 2.67. The van der Waals surface area contributed by atoms with Crippen LogP contribution in [-0.4, -0.2) is 10.9 Å². The Bertz CT molecular complexity index is 863. The van der Waals surface area contributed by atoms with Gasteiger partial charge in [-0.2, -0.15) is 0 Å². The van der Waals surface area contributed by atoms with Crippen molar-refractivity contribution >= 4 is 17.8 Å². The molecular formula is C21H17FN2O. The SMILES string of the molecule is O=C(/C=C/c1ccccc1F)N(Cc1ccccc1)c1ccccn1. The van der Waals surface area contributed by atoms with E-state index in [1.165, 1.54) is 18.2 Å². The normalized spacial score (nSPS) is 10.8. The molecule has 0 aliphatic carbocycles. The van der Waals surface area contributed by atoms with Crippen molar-refractivity contribution in [1.29, 1.82) is 0 Å². The molecule has 0 saturated heterocycles. The summed E-state index contributed by atoms with van der Waals surface area (Å²) in [5.74, 6) is -0.0701. The van der Waals surface area contributed by atoms with E-state index < -0.39 is 0 Å². The van der Waals surface area contributed by atoms with Crippen molar-refractivity contribution in [2.24, 2.45) is 0 Å². The molecule has 0 aliphatic rings. The summed E-state index contributed by atoms with van der Waals surface area (Å²) in [7, 11) is 0. The highest BCUT2D eigenvalue weighted by Gasteiger charge is 2.15. The van der Waals surface area contributed by atoms with E-state index in [1.807, 2.05) is 36.4 Å². The molecule has 124 valence electrons. The fourth-order valence-electron chi connectivity index (χ4n) is 2.41. The number of nitrogens with zero attached hydrogens (tertiary/aromatic N) is 2. The molecule has 3 nitrogen and oxygen atoms in total. The lowest BCUT2D eigenvalue weighted by Crippen LogP contribution is -2.29. The molecule has 0 unspecified atom stereocenters. The van der Waals surface area contributed by atoms with E-state index in [0.717, 1.165) is 5.56 Å². The van der Waals surface area contributed by atoms with Gasteiger partial charge in [-0.3, -0.25) is 9.69 Å². The van der Waals surface area contributed by atoms with Gasteiger partial charge >= 0.3 is 0 Å². The minimum Gasteiger partial charge on any atom is -0.289 e. The topological polar surface area (TPSA) is 33.2 Å². The highest BCUT2D eigenvalue weighted by atomic mass is 19.1. The lowest BCUT2D eigenvalue weighted by molar-refractivity contribution is -0.114. The molecular weight excluding hydrogens is 315 g/mol. The second-order valence-electron chi connectivity index (χ2n) is 5.45. The van der Waals surface area contributed by atoms with E-state index in [4.69, 9.17) is 0 Å². The maximum atomic E-state index is 13.7. The molecule has 1 aromatic heterocycles. The smallest absolute Gasteiger partial charge is 0.252 e. The minimum atomic E-state index is -0.362. The van der Waals surface area contributed by atoms with Crippen LogP contribution in [0.3, 0.4) is 0 Å². The van der Waals surface area contributed by atoms with Crippen LogP contribution < -0.4 is 4.90 Å². The monoisotopic (exact) mass is 332 g/mol. The molecule has 4 heteroatoms. The van der Waals surface area contributed by atoms with E-state index in [2.05, 4.69) is 4.98 Å². The number of anilines is 1. The highest BCUT2D eigenvalue weighted by Crippen LogP contribution is 2.16. The first-order valence-corrected chi connectivity index (χ1v) is 7.93. The van der Waals surface area contributed by atoms with Gasteiger partial charge in [0.15, 0.2) is 0 Å². The van der Waals surface area contributed by atoms with Crippen LogP contribution >= 0.6 is 0 Å². The molecule has 0 bridgehead atoms. The quantitative estimate of drug-likeness (QED) is 0.646. The van der Waals surface area contributed by atoms with E-state index in [-0.39, 0.29) is 11.7 Å². The molecule has 25 heavy (non-hydrogen) atoms. The second-order valence-corrected chi connectivity index (χ2v) is 5.45. The molecule has 0 spiro atoms. The van der Waals surface area contributed by atoms with Crippen LogP contribution in [-0.2, 0) is 11.3 Å². The lowest BCUT2D eigenvalue weighted by atomic mass is 10.2. The first kappa shape index (κ1) is 16.6. The maximum Gasteiger partial charge on any atom is 0.252 e. The van der Waals surface area contributed by atoms with Gasteiger partial charge in [0.1, 0.15) is 11.6 Å². The van der Waals surface area contributed by atoms with Gasteiger partial charge < -0.3 is 0 Å². The standard InChI is InChI=1S/C21H17FN2O/c22-19-11-5-4-10-18(19)13-14-21(25)24(20-12-6-7-15-23-20)16-17-8-2-1-3-9-17/h1-15H,16H2/b14-13+.